The van der Waals surface area contributed by atoms with Crippen molar-refractivity contribution in [3.05, 3.63) is 80.4 Å². The summed E-state index contributed by atoms with van der Waals surface area (Å²) in [5, 5.41) is 32.4. The Morgan fingerprint density at radius 3 is 2.44 bits per heavy atom. The Morgan fingerprint density at radius 1 is 1.15 bits per heavy atom. The summed E-state index contributed by atoms with van der Waals surface area (Å²) in [4.78, 5) is 40.9. The van der Waals surface area contributed by atoms with E-state index in [-0.39, 0.29) is 30.0 Å². The maximum atomic E-state index is 12.7. The molecular formula is C25H24N2O6S. The molecule has 0 bridgehead atoms. The summed E-state index contributed by atoms with van der Waals surface area (Å²) in [5.41, 5.74) is -0.425. The molecule has 1 aliphatic carbocycles. The van der Waals surface area contributed by atoms with E-state index in [0.29, 0.717) is 27.8 Å². The highest BCUT2D eigenvalue weighted by atomic mass is 32.1. The number of nitro benzene ring substituents is 1. The molecule has 0 aliphatic heterocycles. The molecule has 0 saturated heterocycles. The lowest BCUT2D eigenvalue weighted by Gasteiger charge is -2.40. The van der Waals surface area contributed by atoms with Crippen LogP contribution in [0.1, 0.15) is 49.2 Å². The lowest BCUT2D eigenvalue weighted by atomic mass is 9.62. The summed E-state index contributed by atoms with van der Waals surface area (Å²) < 4.78 is 0.544. The van der Waals surface area contributed by atoms with E-state index in [1.807, 2.05) is 30.3 Å². The highest BCUT2D eigenvalue weighted by Crippen LogP contribution is 2.51. The van der Waals surface area contributed by atoms with Gasteiger partial charge in [0, 0.05) is 12.5 Å². The van der Waals surface area contributed by atoms with E-state index < -0.39 is 27.7 Å². The molecule has 34 heavy (non-hydrogen) atoms. The predicted molar refractivity (Wildman–Crippen MR) is 128 cm³/mol. The number of allylic oxidation sites excluding steroid dienone is 1. The minimum absolute atomic E-state index is 0.0558. The number of nitrogens with zero attached hydrogens (tertiary/aromatic N) is 2. The Labute approximate surface area is 199 Å². The van der Waals surface area contributed by atoms with Crippen molar-refractivity contribution in [2.75, 3.05) is 0 Å². The van der Waals surface area contributed by atoms with E-state index in [9.17, 15) is 29.9 Å². The van der Waals surface area contributed by atoms with Crippen LogP contribution in [0.2, 0.25) is 0 Å². The summed E-state index contributed by atoms with van der Waals surface area (Å²) >= 11 is 1.10. The van der Waals surface area contributed by atoms with Crippen LogP contribution in [0.4, 0.5) is 5.69 Å². The predicted octanol–water partition coefficient (Wildman–Crippen LogP) is 5.34. The highest BCUT2D eigenvalue weighted by Gasteiger charge is 2.54. The van der Waals surface area contributed by atoms with Gasteiger partial charge in [0.05, 0.1) is 26.1 Å². The molecule has 1 heterocycles. The third kappa shape index (κ3) is 3.86. The van der Waals surface area contributed by atoms with Gasteiger partial charge in [-0.2, -0.15) is 0 Å². The molecule has 2 atom stereocenters. The normalized spacial score (nSPS) is 22.4. The minimum Gasteiger partial charge on any atom is -0.481 e. The van der Waals surface area contributed by atoms with E-state index in [1.165, 1.54) is 12.1 Å². The first-order chi connectivity index (χ1) is 16.1. The zero-order valence-electron chi connectivity index (χ0n) is 18.8. The number of aromatic nitrogens is 1. The maximum Gasteiger partial charge on any atom is 0.320 e. The van der Waals surface area contributed by atoms with E-state index in [1.54, 1.807) is 19.9 Å². The Hall–Kier alpha value is -3.59. The second-order valence-corrected chi connectivity index (χ2v) is 9.91. The summed E-state index contributed by atoms with van der Waals surface area (Å²) in [6.45, 7) is 3.49. The molecule has 1 aliphatic rings. The zero-order chi connectivity index (χ0) is 24.7. The molecule has 0 fully saturated rings. The molecule has 4 rings (SSSR count). The average molecular weight is 481 g/mol. The number of thiazole rings is 1. The van der Waals surface area contributed by atoms with Crippen molar-refractivity contribution >= 4 is 39.2 Å². The van der Waals surface area contributed by atoms with E-state index in [4.69, 9.17) is 0 Å². The van der Waals surface area contributed by atoms with Gasteiger partial charge >= 0.3 is 11.9 Å². The fourth-order valence-electron chi connectivity index (χ4n) is 4.94. The molecule has 176 valence electrons. The fraction of sp³-hybridized carbons (Fsp3) is 0.320. The van der Waals surface area contributed by atoms with Gasteiger partial charge in [-0.25, -0.2) is 4.98 Å². The largest absolute Gasteiger partial charge is 0.481 e. The van der Waals surface area contributed by atoms with Gasteiger partial charge < -0.3 is 10.2 Å². The second-order valence-electron chi connectivity index (χ2n) is 8.91. The van der Waals surface area contributed by atoms with Crippen LogP contribution in [-0.4, -0.2) is 32.1 Å². The number of carbonyl (C=O) groups is 2. The van der Waals surface area contributed by atoms with Gasteiger partial charge in [0.2, 0.25) is 0 Å². The first-order valence-electron chi connectivity index (χ1n) is 10.9. The smallest absolute Gasteiger partial charge is 0.320 e. The molecule has 2 aromatic carbocycles. The summed E-state index contributed by atoms with van der Waals surface area (Å²) in [6.07, 6.45) is 2.31. The van der Waals surface area contributed by atoms with Gasteiger partial charge in [0.15, 0.2) is 0 Å². The fourth-order valence-corrected chi connectivity index (χ4v) is 6.20. The van der Waals surface area contributed by atoms with Crippen molar-refractivity contribution in [1.29, 1.82) is 0 Å². The molecule has 1 aromatic heterocycles. The first kappa shape index (κ1) is 23.6. The van der Waals surface area contributed by atoms with Gasteiger partial charge in [-0.3, -0.25) is 19.7 Å². The maximum absolute atomic E-state index is 12.7. The zero-order valence-corrected chi connectivity index (χ0v) is 19.6. The molecule has 9 heteroatoms. The number of nitro groups is 1. The van der Waals surface area contributed by atoms with Gasteiger partial charge in [-0.05, 0) is 37.8 Å². The van der Waals surface area contributed by atoms with Crippen LogP contribution < -0.4 is 0 Å². The number of fused-ring (bicyclic) bond motifs is 1. The number of benzene rings is 2. The standard InChI is InChI=1S/C25H24N2O6S/c1-3-24(22(28)29)12-15(2)13-25(14-24,23(30)31)21-26-18-9-10-19(27(32)33)17(20(18)34-21)11-16-7-5-4-6-8-16/h4-10,13H,3,11-12,14H2,1-2H3,(H,28,29)(H,30,31). The van der Waals surface area contributed by atoms with Crippen LogP contribution >= 0.6 is 11.3 Å². The molecule has 8 nitrogen and oxygen atoms in total. The van der Waals surface area contributed by atoms with Gasteiger partial charge in [-0.1, -0.05) is 48.9 Å². The Bertz CT molecular complexity index is 1330. The number of aliphatic carboxylic acids is 2. The second kappa shape index (κ2) is 8.64. The average Bonchev–Trinajstić information content (AvgIpc) is 3.24. The first-order valence-corrected chi connectivity index (χ1v) is 11.7. The molecule has 0 amide bonds. The van der Waals surface area contributed by atoms with Crippen LogP contribution in [0.15, 0.2) is 54.1 Å². The third-order valence-corrected chi connectivity index (χ3v) is 7.99. The van der Waals surface area contributed by atoms with Crippen LogP contribution in [0, 0.1) is 15.5 Å². The molecule has 0 spiro atoms. The number of rotatable bonds is 7. The van der Waals surface area contributed by atoms with Crippen molar-refractivity contribution in [3.8, 4) is 0 Å². The molecular weight excluding hydrogens is 456 g/mol. The Balaban J connectivity index is 1.94. The molecule has 2 N–H and O–H groups in total. The topological polar surface area (TPSA) is 131 Å². The van der Waals surface area contributed by atoms with E-state index in [2.05, 4.69) is 4.98 Å². The molecule has 2 unspecified atom stereocenters. The molecule has 0 radical (unpaired) electrons. The van der Waals surface area contributed by atoms with Crippen molar-refractivity contribution in [3.63, 3.8) is 0 Å². The third-order valence-electron chi connectivity index (χ3n) is 6.68. The van der Waals surface area contributed by atoms with Crippen LogP contribution in [0.3, 0.4) is 0 Å². The summed E-state index contributed by atoms with van der Waals surface area (Å²) in [5.74, 6) is -2.21. The van der Waals surface area contributed by atoms with Gasteiger partial charge in [0.1, 0.15) is 10.4 Å². The monoisotopic (exact) mass is 480 g/mol. The molecule has 0 saturated carbocycles. The number of hydrogen-bond donors (Lipinski definition) is 2. The van der Waals surface area contributed by atoms with Gasteiger partial charge in [0.25, 0.3) is 5.69 Å². The van der Waals surface area contributed by atoms with E-state index >= 15 is 0 Å². The Morgan fingerprint density at radius 2 is 1.85 bits per heavy atom. The molecule has 3 aromatic rings. The van der Waals surface area contributed by atoms with Gasteiger partial charge in [-0.15, -0.1) is 11.3 Å². The summed E-state index contributed by atoms with van der Waals surface area (Å²) in [7, 11) is 0. The van der Waals surface area contributed by atoms with Crippen LogP contribution in [0.5, 0.6) is 0 Å². The number of carboxylic acids is 2. The van der Waals surface area contributed by atoms with Crippen molar-refractivity contribution in [2.45, 2.75) is 44.9 Å². The number of hydrogen-bond acceptors (Lipinski definition) is 6. The van der Waals surface area contributed by atoms with E-state index in [0.717, 1.165) is 16.9 Å². The van der Waals surface area contributed by atoms with Crippen LogP contribution in [-0.2, 0) is 21.4 Å². The minimum atomic E-state index is -1.63. The van der Waals surface area contributed by atoms with Crippen molar-refractivity contribution in [1.82, 2.24) is 4.98 Å². The number of carboxylic acid groups (broad SMARTS) is 2. The highest BCUT2D eigenvalue weighted by molar-refractivity contribution is 7.19. The van der Waals surface area contributed by atoms with Crippen molar-refractivity contribution < 1.29 is 24.7 Å². The lowest BCUT2D eigenvalue weighted by Crippen LogP contribution is -2.46. The Kier molecular flexibility index (Phi) is 5.99. The lowest BCUT2D eigenvalue weighted by molar-refractivity contribution is -0.385. The quantitative estimate of drug-likeness (QED) is 0.265. The van der Waals surface area contributed by atoms with Crippen molar-refractivity contribution in [2.24, 2.45) is 5.41 Å². The SMILES string of the molecule is CCC1(C(=O)O)CC(C)=CC(C(=O)O)(c2nc3ccc([N+](=O)[O-])c(Cc4ccccc4)c3s2)C1. The summed E-state index contributed by atoms with van der Waals surface area (Å²) in [6, 6.07) is 12.2. The van der Waals surface area contributed by atoms with Crippen LogP contribution in [0.25, 0.3) is 10.2 Å².